The molecule has 26 heavy (non-hydrogen) atoms. The molecule has 2 aromatic rings. The zero-order valence-electron chi connectivity index (χ0n) is 15.6. The summed E-state index contributed by atoms with van der Waals surface area (Å²) < 4.78 is 5.28. The van der Waals surface area contributed by atoms with E-state index in [1.54, 1.807) is 19.2 Å². The SMILES string of the molecule is COc1ccccc1C(=O)NCc1ccccc1CN1CCN(C)CC1. The number of piperazine rings is 1. The van der Waals surface area contributed by atoms with Gasteiger partial charge in [0.25, 0.3) is 5.91 Å². The molecule has 0 unspecified atom stereocenters. The zero-order valence-corrected chi connectivity index (χ0v) is 15.6. The molecule has 1 amide bonds. The first-order valence-electron chi connectivity index (χ1n) is 9.06. The second kappa shape index (κ2) is 8.83. The molecule has 0 aliphatic carbocycles. The van der Waals surface area contributed by atoms with E-state index in [1.807, 2.05) is 18.2 Å². The molecule has 5 heteroatoms. The second-order valence-corrected chi connectivity index (χ2v) is 6.73. The van der Waals surface area contributed by atoms with Gasteiger partial charge in [-0.1, -0.05) is 36.4 Å². The molecule has 5 nitrogen and oxygen atoms in total. The fourth-order valence-corrected chi connectivity index (χ4v) is 3.23. The van der Waals surface area contributed by atoms with Crippen molar-refractivity contribution in [3.63, 3.8) is 0 Å². The maximum atomic E-state index is 12.5. The summed E-state index contributed by atoms with van der Waals surface area (Å²) in [6.07, 6.45) is 0. The number of benzene rings is 2. The van der Waals surface area contributed by atoms with Crippen LogP contribution in [0.3, 0.4) is 0 Å². The van der Waals surface area contributed by atoms with Crippen LogP contribution in [0.5, 0.6) is 5.75 Å². The summed E-state index contributed by atoms with van der Waals surface area (Å²) in [4.78, 5) is 17.4. The number of nitrogens with one attached hydrogen (secondary N) is 1. The fourth-order valence-electron chi connectivity index (χ4n) is 3.23. The van der Waals surface area contributed by atoms with Crippen LogP contribution in [0.25, 0.3) is 0 Å². The van der Waals surface area contributed by atoms with Gasteiger partial charge in [-0.3, -0.25) is 9.69 Å². The standard InChI is InChI=1S/C21H27N3O2/c1-23-11-13-24(14-12-23)16-18-8-4-3-7-17(18)15-22-21(25)19-9-5-6-10-20(19)26-2/h3-10H,11-16H2,1-2H3,(H,22,25). The summed E-state index contributed by atoms with van der Waals surface area (Å²) >= 11 is 0. The summed E-state index contributed by atoms with van der Waals surface area (Å²) in [6.45, 7) is 5.81. The van der Waals surface area contributed by atoms with E-state index in [0.29, 0.717) is 17.9 Å². The third kappa shape index (κ3) is 4.62. The average Bonchev–Trinajstić information content (AvgIpc) is 2.68. The highest BCUT2D eigenvalue weighted by Crippen LogP contribution is 2.18. The highest BCUT2D eigenvalue weighted by molar-refractivity contribution is 5.96. The van der Waals surface area contributed by atoms with E-state index in [4.69, 9.17) is 4.74 Å². The molecule has 138 valence electrons. The van der Waals surface area contributed by atoms with Gasteiger partial charge in [0.1, 0.15) is 5.75 Å². The van der Waals surface area contributed by atoms with Gasteiger partial charge in [-0.15, -0.1) is 0 Å². The molecule has 0 bridgehead atoms. The van der Waals surface area contributed by atoms with Crippen molar-refractivity contribution in [2.75, 3.05) is 40.3 Å². The Morgan fingerprint density at radius 3 is 2.38 bits per heavy atom. The van der Waals surface area contributed by atoms with Gasteiger partial charge in [0.05, 0.1) is 12.7 Å². The lowest BCUT2D eigenvalue weighted by Crippen LogP contribution is -2.44. The molecule has 3 rings (SSSR count). The lowest BCUT2D eigenvalue weighted by atomic mass is 10.1. The smallest absolute Gasteiger partial charge is 0.255 e. The molecule has 0 spiro atoms. The number of carbonyl (C=O) groups excluding carboxylic acids is 1. The second-order valence-electron chi connectivity index (χ2n) is 6.73. The Morgan fingerprint density at radius 1 is 1.00 bits per heavy atom. The Labute approximate surface area is 155 Å². The van der Waals surface area contributed by atoms with E-state index in [1.165, 1.54) is 5.56 Å². The number of rotatable bonds is 6. The Hall–Kier alpha value is -2.37. The third-order valence-electron chi connectivity index (χ3n) is 4.90. The molecule has 0 saturated carbocycles. The maximum absolute atomic E-state index is 12.5. The van der Waals surface area contributed by atoms with Crippen LogP contribution < -0.4 is 10.1 Å². The maximum Gasteiger partial charge on any atom is 0.255 e. The highest BCUT2D eigenvalue weighted by atomic mass is 16.5. The Bertz CT molecular complexity index is 740. The van der Waals surface area contributed by atoms with Crippen molar-refractivity contribution in [3.05, 3.63) is 65.2 Å². The Balaban J connectivity index is 1.64. The van der Waals surface area contributed by atoms with Crippen molar-refractivity contribution in [2.24, 2.45) is 0 Å². The minimum absolute atomic E-state index is 0.114. The van der Waals surface area contributed by atoms with Gasteiger partial charge in [0, 0.05) is 39.3 Å². The van der Waals surface area contributed by atoms with E-state index >= 15 is 0 Å². The number of hydrogen-bond acceptors (Lipinski definition) is 4. The lowest BCUT2D eigenvalue weighted by Gasteiger charge is -2.32. The van der Waals surface area contributed by atoms with Gasteiger partial charge in [0.2, 0.25) is 0 Å². The molecule has 1 aliphatic heterocycles. The number of likely N-dealkylation sites (N-methyl/N-ethyl adjacent to an activating group) is 1. The largest absolute Gasteiger partial charge is 0.496 e. The van der Waals surface area contributed by atoms with Crippen molar-refractivity contribution in [2.45, 2.75) is 13.1 Å². The summed E-state index contributed by atoms with van der Waals surface area (Å²) in [5.41, 5.74) is 3.00. The number of amides is 1. The van der Waals surface area contributed by atoms with Gasteiger partial charge in [-0.25, -0.2) is 0 Å². The lowest BCUT2D eigenvalue weighted by molar-refractivity contribution is 0.0947. The van der Waals surface area contributed by atoms with Crippen molar-refractivity contribution < 1.29 is 9.53 Å². The molecular weight excluding hydrogens is 326 g/mol. The monoisotopic (exact) mass is 353 g/mol. The van der Waals surface area contributed by atoms with Crippen LogP contribution in [0.15, 0.2) is 48.5 Å². The van der Waals surface area contributed by atoms with Crippen LogP contribution in [0.4, 0.5) is 0 Å². The molecule has 1 aliphatic rings. The Kier molecular flexibility index (Phi) is 6.26. The normalized spacial score (nSPS) is 15.6. The van der Waals surface area contributed by atoms with Crippen LogP contribution in [0.2, 0.25) is 0 Å². The molecule has 1 saturated heterocycles. The minimum Gasteiger partial charge on any atom is -0.496 e. The molecule has 0 radical (unpaired) electrons. The third-order valence-corrected chi connectivity index (χ3v) is 4.90. The minimum atomic E-state index is -0.114. The number of para-hydroxylation sites is 1. The van der Waals surface area contributed by atoms with Crippen LogP contribution in [-0.2, 0) is 13.1 Å². The van der Waals surface area contributed by atoms with Crippen LogP contribution >= 0.6 is 0 Å². The van der Waals surface area contributed by atoms with E-state index in [0.717, 1.165) is 38.3 Å². The molecular formula is C21H27N3O2. The van der Waals surface area contributed by atoms with Crippen molar-refractivity contribution in [3.8, 4) is 5.75 Å². The summed E-state index contributed by atoms with van der Waals surface area (Å²) in [5, 5.41) is 3.03. The molecule has 0 aromatic heterocycles. The number of methoxy groups -OCH3 is 1. The van der Waals surface area contributed by atoms with Crippen LogP contribution in [0, 0.1) is 0 Å². The molecule has 2 aromatic carbocycles. The number of carbonyl (C=O) groups is 1. The first-order valence-corrected chi connectivity index (χ1v) is 9.06. The summed E-state index contributed by atoms with van der Waals surface area (Å²) in [5.74, 6) is 0.479. The number of nitrogens with zero attached hydrogens (tertiary/aromatic N) is 2. The Morgan fingerprint density at radius 2 is 1.65 bits per heavy atom. The van der Waals surface area contributed by atoms with Crippen LogP contribution in [0.1, 0.15) is 21.5 Å². The first kappa shape index (κ1) is 18.4. The molecule has 1 fully saturated rings. The van der Waals surface area contributed by atoms with Gasteiger partial charge in [0.15, 0.2) is 0 Å². The first-order chi connectivity index (χ1) is 12.7. The van der Waals surface area contributed by atoms with Crippen LogP contribution in [-0.4, -0.2) is 56.0 Å². The fraction of sp³-hybridized carbons (Fsp3) is 0.381. The van der Waals surface area contributed by atoms with Crippen molar-refractivity contribution >= 4 is 5.91 Å². The zero-order chi connectivity index (χ0) is 18.4. The number of ether oxygens (including phenoxy) is 1. The predicted octanol–water partition coefficient (Wildman–Crippen LogP) is 2.37. The van der Waals surface area contributed by atoms with E-state index in [2.05, 4.69) is 40.4 Å². The summed E-state index contributed by atoms with van der Waals surface area (Å²) in [6, 6.07) is 15.6. The van der Waals surface area contributed by atoms with E-state index in [-0.39, 0.29) is 5.91 Å². The number of hydrogen-bond donors (Lipinski definition) is 1. The van der Waals surface area contributed by atoms with Gasteiger partial charge in [-0.05, 0) is 30.3 Å². The van der Waals surface area contributed by atoms with Crippen molar-refractivity contribution in [1.29, 1.82) is 0 Å². The molecule has 0 atom stereocenters. The van der Waals surface area contributed by atoms with Gasteiger partial charge in [-0.2, -0.15) is 0 Å². The topological polar surface area (TPSA) is 44.8 Å². The highest BCUT2D eigenvalue weighted by Gasteiger charge is 2.16. The van der Waals surface area contributed by atoms with E-state index < -0.39 is 0 Å². The van der Waals surface area contributed by atoms with E-state index in [9.17, 15) is 4.79 Å². The molecule has 1 N–H and O–H groups in total. The predicted molar refractivity (Wildman–Crippen MR) is 103 cm³/mol. The summed E-state index contributed by atoms with van der Waals surface area (Å²) in [7, 11) is 3.75. The average molecular weight is 353 g/mol. The van der Waals surface area contributed by atoms with Gasteiger partial charge >= 0.3 is 0 Å². The molecule has 1 heterocycles. The van der Waals surface area contributed by atoms with Crippen molar-refractivity contribution in [1.82, 2.24) is 15.1 Å². The van der Waals surface area contributed by atoms with Gasteiger partial charge < -0.3 is 15.0 Å². The quantitative estimate of drug-likeness (QED) is 0.866.